The van der Waals surface area contributed by atoms with E-state index in [0.29, 0.717) is 47.3 Å². The molecule has 1 heterocycles. The van der Waals surface area contributed by atoms with E-state index < -0.39 is 11.6 Å². The average molecular weight is 413 g/mol. The van der Waals surface area contributed by atoms with E-state index in [-0.39, 0.29) is 11.3 Å². The summed E-state index contributed by atoms with van der Waals surface area (Å²) in [5.74, 6) is 0.256. The third-order valence-corrected chi connectivity index (χ3v) is 5.88. The fraction of sp³-hybridized carbons (Fsp3) is 0.316. The predicted molar refractivity (Wildman–Crippen MR) is 105 cm³/mol. The van der Waals surface area contributed by atoms with Gasteiger partial charge in [-0.2, -0.15) is 11.8 Å². The first-order valence-electron chi connectivity index (χ1n) is 8.44. The van der Waals surface area contributed by atoms with Crippen molar-refractivity contribution in [1.29, 1.82) is 0 Å². The van der Waals surface area contributed by atoms with Crippen LogP contribution in [0.3, 0.4) is 0 Å². The number of benzene rings is 2. The number of anilines is 1. The molecule has 1 aliphatic rings. The van der Waals surface area contributed by atoms with Crippen molar-refractivity contribution >= 4 is 35.1 Å². The van der Waals surface area contributed by atoms with Gasteiger partial charge >= 0.3 is 6.03 Å². The zero-order valence-electron chi connectivity index (χ0n) is 14.7. The normalized spacial score (nSPS) is 17.3. The predicted octanol–water partition coefficient (Wildman–Crippen LogP) is 5.34. The number of urea groups is 1. The molecule has 2 aromatic carbocycles. The molecule has 0 aromatic heterocycles. The molecule has 1 fully saturated rings. The summed E-state index contributed by atoms with van der Waals surface area (Å²) in [7, 11) is 1.51. The van der Waals surface area contributed by atoms with E-state index >= 15 is 0 Å². The van der Waals surface area contributed by atoms with Gasteiger partial charge in [-0.15, -0.1) is 0 Å². The minimum Gasteiger partial charge on any atom is -0.495 e. The smallest absolute Gasteiger partial charge is 0.321 e. The number of nitrogens with zero attached hydrogens (tertiary/aromatic N) is 1. The second kappa shape index (κ2) is 8.80. The summed E-state index contributed by atoms with van der Waals surface area (Å²) in [5, 5.41) is 3.10. The fourth-order valence-corrected chi connectivity index (χ4v) is 4.37. The van der Waals surface area contributed by atoms with E-state index in [1.54, 1.807) is 23.1 Å². The van der Waals surface area contributed by atoms with Crippen molar-refractivity contribution in [3.63, 3.8) is 0 Å². The Bertz CT molecular complexity index is 837. The number of halogens is 3. The highest BCUT2D eigenvalue weighted by atomic mass is 35.5. The van der Waals surface area contributed by atoms with Crippen LogP contribution >= 0.6 is 23.4 Å². The molecule has 4 nitrogen and oxygen atoms in total. The lowest BCUT2D eigenvalue weighted by molar-refractivity contribution is 0.215. The Morgan fingerprint density at radius 1 is 1.26 bits per heavy atom. The molecule has 0 bridgehead atoms. The highest BCUT2D eigenvalue weighted by molar-refractivity contribution is 7.99. The Balaban J connectivity index is 1.68. The Kier molecular flexibility index (Phi) is 6.44. The van der Waals surface area contributed by atoms with Crippen molar-refractivity contribution in [3.8, 4) is 5.75 Å². The van der Waals surface area contributed by atoms with Crippen molar-refractivity contribution in [2.75, 3.05) is 31.3 Å². The van der Waals surface area contributed by atoms with E-state index in [9.17, 15) is 13.6 Å². The molecule has 2 amide bonds. The molecule has 0 unspecified atom stereocenters. The van der Waals surface area contributed by atoms with Gasteiger partial charge in [0.15, 0.2) is 0 Å². The van der Waals surface area contributed by atoms with Gasteiger partial charge in [0.2, 0.25) is 0 Å². The highest BCUT2D eigenvalue weighted by Crippen LogP contribution is 2.36. The van der Waals surface area contributed by atoms with Crippen LogP contribution in [-0.4, -0.2) is 36.9 Å². The van der Waals surface area contributed by atoms with Gasteiger partial charge in [-0.25, -0.2) is 13.6 Å². The lowest BCUT2D eigenvalue weighted by Crippen LogP contribution is -2.36. The number of carbonyl (C=O) groups excluding carboxylic acids is 1. The Hall–Kier alpha value is -1.99. The van der Waals surface area contributed by atoms with Gasteiger partial charge in [-0.05, 0) is 42.8 Å². The number of methoxy groups -OCH3 is 1. The van der Waals surface area contributed by atoms with Crippen LogP contribution in [0, 0.1) is 11.6 Å². The molecule has 0 aliphatic carbocycles. The fourth-order valence-electron chi connectivity index (χ4n) is 2.96. The SMILES string of the molecule is COc1ccc(Cl)cc1NC(=O)N1CCS[C@@H](c2cc(F)ccc2F)CC1. The number of thioether (sulfide) groups is 1. The summed E-state index contributed by atoms with van der Waals surface area (Å²) in [4.78, 5) is 14.3. The Labute approximate surface area is 165 Å². The van der Waals surface area contributed by atoms with E-state index in [1.807, 2.05) is 0 Å². The topological polar surface area (TPSA) is 41.6 Å². The third-order valence-electron chi connectivity index (χ3n) is 4.34. The van der Waals surface area contributed by atoms with E-state index in [1.165, 1.54) is 24.9 Å². The summed E-state index contributed by atoms with van der Waals surface area (Å²) in [5.41, 5.74) is 0.832. The minimum absolute atomic E-state index is 0.195. The maximum atomic E-state index is 14.1. The summed E-state index contributed by atoms with van der Waals surface area (Å²) >= 11 is 7.52. The monoisotopic (exact) mass is 412 g/mol. The van der Waals surface area contributed by atoms with Crippen molar-refractivity contribution in [2.45, 2.75) is 11.7 Å². The molecular weight excluding hydrogens is 394 g/mol. The quantitative estimate of drug-likeness (QED) is 0.739. The summed E-state index contributed by atoms with van der Waals surface area (Å²) in [6, 6.07) is 8.19. The summed E-state index contributed by atoms with van der Waals surface area (Å²) < 4.78 is 32.8. The first-order chi connectivity index (χ1) is 13.0. The molecule has 0 radical (unpaired) electrons. The molecule has 1 saturated heterocycles. The number of ether oxygens (including phenoxy) is 1. The van der Waals surface area contributed by atoms with Crippen molar-refractivity contribution < 1.29 is 18.3 Å². The van der Waals surface area contributed by atoms with Gasteiger partial charge in [0.1, 0.15) is 17.4 Å². The number of amides is 2. The molecule has 1 N–H and O–H groups in total. The third kappa shape index (κ3) is 4.84. The molecule has 1 atom stereocenters. The molecule has 8 heteroatoms. The highest BCUT2D eigenvalue weighted by Gasteiger charge is 2.24. The zero-order valence-corrected chi connectivity index (χ0v) is 16.2. The number of hydrogen-bond acceptors (Lipinski definition) is 3. The largest absolute Gasteiger partial charge is 0.495 e. The van der Waals surface area contributed by atoms with Gasteiger partial charge in [0.05, 0.1) is 12.8 Å². The van der Waals surface area contributed by atoms with E-state index in [4.69, 9.17) is 16.3 Å². The maximum Gasteiger partial charge on any atom is 0.321 e. The van der Waals surface area contributed by atoms with Crippen molar-refractivity contribution in [2.24, 2.45) is 0 Å². The van der Waals surface area contributed by atoms with Crippen LogP contribution in [0.5, 0.6) is 5.75 Å². The van der Waals surface area contributed by atoms with Crippen LogP contribution in [0.4, 0.5) is 19.3 Å². The van der Waals surface area contributed by atoms with Crippen molar-refractivity contribution in [1.82, 2.24) is 4.90 Å². The Morgan fingerprint density at radius 3 is 2.85 bits per heavy atom. The molecule has 144 valence electrons. The zero-order chi connectivity index (χ0) is 19.4. The summed E-state index contributed by atoms with van der Waals surface area (Å²) in [6.45, 7) is 0.940. The second-order valence-electron chi connectivity index (χ2n) is 6.08. The average Bonchev–Trinajstić information content (AvgIpc) is 2.90. The van der Waals surface area contributed by atoms with Gasteiger partial charge in [-0.1, -0.05) is 11.6 Å². The van der Waals surface area contributed by atoms with Gasteiger partial charge in [0, 0.05) is 34.7 Å². The lowest BCUT2D eigenvalue weighted by Gasteiger charge is -2.21. The van der Waals surface area contributed by atoms with Crippen LogP contribution in [0.25, 0.3) is 0 Å². The Morgan fingerprint density at radius 2 is 2.07 bits per heavy atom. The minimum atomic E-state index is -0.459. The number of hydrogen-bond donors (Lipinski definition) is 1. The summed E-state index contributed by atoms with van der Waals surface area (Å²) in [6.07, 6.45) is 0.533. The lowest BCUT2D eigenvalue weighted by atomic mass is 10.1. The number of carbonyl (C=O) groups is 1. The second-order valence-corrected chi connectivity index (χ2v) is 7.82. The van der Waals surface area contributed by atoms with Gasteiger partial charge in [0.25, 0.3) is 0 Å². The number of rotatable bonds is 3. The van der Waals surface area contributed by atoms with E-state index in [0.717, 1.165) is 12.1 Å². The van der Waals surface area contributed by atoms with Crippen LogP contribution in [0.2, 0.25) is 5.02 Å². The maximum absolute atomic E-state index is 14.1. The van der Waals surface area contributed by atoms with Gasteiger partial charge < -0.3 is 15.0 Å². The first kappa shape index (κ1) is 19.8. The van der Waals surface area contributed by atoms with Gasteiger partial charge in [-0.3, -0.25) is 0 Å². The molecule has 2 aromatic rings. The van der Waals surface area contributed by atoms with Crippen molar-refractivity contribution in [3.05, 3.63) is 58.6 Å². The molecular formula is C19H19ClF2N2O2S. The van der Waals surface area contributed by atoms with Crippen LogP contribution < -0.4 is 10.1 Å². The van der Waals surface area contributed by atoms with Crippen LogP contribution in [0.15, 0.2) is 36.4 Å². The first-order valence-corrected chi connectivity index (χ1v) is 9.86. The van der Waals surface area contributed by atoms with Crippen LogP contribution in [-0.2, 0) is 0 Å². The molecule has 0 saturated carbocycles. The molecule has 1 aliphatic heterocycles. The standard InChI is InChI=1S/C19H19ClF2N2O2S/c1-26-17-5-2-12(20)10-16(17)23-19(25)24-7-6-18(27-9-8-24)14-11-13(21)3-4-15(14)22/h2-5,10-11,18H,6-9H2,1H3,(H,23,25)/t18-/m1/s1. The molecule has 3 rings (SSSR count). The number of nitrogens with one attached hydrogen (secondary N) is 1. The van der Waals surface area contributed by atoms with E-state index in [2.05, 4.69) is 5.32 Å². The molecule has 27 heavy (non-hydrogen) atoms. The molecule has 0 spiro atoms. The van der Waals surface area contributed by atoms with Crippen LogP contribution in [0.1, 0.15) is 17.2 Å².